The molecule has 3 aliphatic carbocycles. The van der Waals surface area contributed by atoms with Crippen molar-refractivity contribution in [1.29, 1.82) is 0 Å². The standard InChI is InChI=1S/C24H34N2O/c27-24(21-9-5-2-6-10-21)25-22-11-13-23(14-12-22)26-17-15-20(16-18-26)19-7-3-1-4-8-19/h1,3,8,15-17,21-23H,2,4-7,9-14,18H2,(H,25,27). The van der Waals surface area contributed by atoms with E-state index in [9.17, 15) is 4.79 Å². The van der Waals surface area contributed by atoms with Crippen molar-refractivity contribution in [3.63, 3.8) is 0 Å². The number of nitrogens with one attached hydrogen (secondary N) is 1. The Morgan fingerprint density at radius 2 is 1.78 bits per heavy atom. The molecule has 0 unspecified atom stereocenters. The molecule has 0 bridgehead atoms. The van der Waals surface area contributed by atoms with Crippen LogP contribution < -0.4 is 5.32 Å². The van der Waals surface area contributed by atoms with E-state index < -0.39 is 0 Å². The van der Waals surface area contributed by atoms with Gasteiger partial charge < -0.3 is 10.2 Å². The summed E-state index contributed by atoms with van der Waals surface area (Å²) in [5.41, 5.74) is 2.88. The van der Waals surface area contributed by atoms with E-state index >= 15 is 0 Å². The number of rotatable bonds is 4. The summed E-state index contributed by atoms with van der Waals surface area (Å²) in [6.45, 7) is 1.02. The fraction of sp³-hybridized carbons (Fsp3) is 0.625. The van der Waals surface area contributed by atoms with Crippen molar-refractivity contribution in [2.24, 2.45) is 5.92 Å². The van der Waals surface area contributed by atoms with Crippen molar-refractivity contribution < 1.29 is 4.79 Å². The molecular weight excluding hydrogens is 332 g/mol. The lowest BCUT2D eigenvalue weighted by Crippen LogP contribution is -2.44. The van der Waals surface area contributed by atoms with E-state index in [2.05, 4.69) is 46.8 Å². The van der Waals surface area contributed by atoms with Crippen LogP contribution in [-0.2, 0) is 4.79 Å². The summed E-state index contributed by atoms with van der Waals surface area (Å²) < 4.78 is 0. The zero-order chi connectivity index (χ0) is 18.5. The van der Waals surface area contributed by atoms with Crippen LogP contribution in [0.15, 0.2) is 47.7 Å². The number of nitrogens with zero attached hydrogens (tertiary/aromatic N) is 1. The number of hydrogen-bond donors (Lipinski definition) is 1. The third-order valence-corrected chi connectivity index (χ3v) is 6.83. The second kappa shape index (κ2) is 8.95. The van der Waals surface area contributed by atoms with Gasteiger partial charge in [0.1, 0.15) is 0 Å². The third-order valence-electron chi connectivity index (χ3n) is 6.83. The Kier molecular flexibility index (Phi) is 6.16. The summed E-state index contributed by atoms with van der Waals surface area (Å²) in [5.74, 6) is 0.618. The van der Waals surface area contributed by atoms with E-state index in [1.54, 1.807) is 0 Å². The van der Waals surface area contributed by atoms with Gasteiger partial charge in [0.15, 0.2) is 0 Å². The molecule has 3 heteroatoms. The molecule has 3 nitrogen and oxygen atoms in total. The van der Waals surface area contributed by atoms with Crippen LogP contribution in [0.1, 0.15) is 70.6 Å². The van der Waals surface area contributed by atoms with Crippen molar-refractivity contribution in [2.75, 3.05) is 6.54 Å². The van der Waals surface area contributed by atoms with Gasteiger partial charge in [0.2, 0.25) is 5.91 Å². The molecule has 27 heavy (non-hydrogen) atoms. The van der Waals surface area contributed by atoms with Crippen LogP contribution >= 0.6 is 0 Å². The summed E-state index contributed by atoms with van der Waals surface area (Å²) in [4.78, 5) is 15.0. The van der Waals surface area contributed by atoms with Crippen molar-refractivity contribution in [2.45, 2.75) is 82.7 Å². The van der Waals surface area contributed by atoms with Gasteiger partial charge in [-0.05, 0) is 68.6 Å². The SMILES string of the molecule is O=C(NC1CCC(N2C=CC(C3=CCC=CC3)=CC2)CC1)C1CCCCC1. The van der Waals surface area contributed by atoms with E-state index in [1.807, 2.05) is 0 Å². The van der Waals surface area contributed by atoms with Crippen LogP contribution in [0, 0.1) is 5.92 Å². The Bertz CT molecular complexity index is 643. The number of hydrogen-bond acceptors (Lipinski definition) is 2. The monoisotopic (exact) mass is 366 g/mol. The van der Waals surface area contributed by atoms with Crippen LogP contribution in [0.25, 0.3) is 0 Å². The van der Waals surface area contributed by atoms with Gasteiger partial charge in [-0.25, -0.2) is 0 Å². The third kappa shape index (κ3) is 4.75. The van der Waals surface area contributed by atoms with Crippen LogP contribution in [0.4, 0.5) is 0 Å². The molecular formula is C24H34N2O. The highest BCUT2D eigenvalue weighted by atomic mass is 16.1. The molecule has 0 atom stereocenters. The topological polar surface area (TPSA) is 32.3 Å². The van der Waals surface area contributed by atoms with Crippen LogP contribution in [0.3, 0.4) is 0 Å². The highest BCUT2D eigenvalue weighted by molar-refractivity contribution is 5.79. The van der Waals surface area contributed by atoms with Crippen molar-refractivity contribution in [3.05, 3.63) is 47.7 Å². The number of allylic oxidation sites excluding steroid dienone is 6. The molecule has 0 radical (unpaired) electrons. The Balaban J connectivity index is 1.22. The lowest BCUT2D eigenvalue weighted by molar-refractivity contribution is -0.126. The predicted octanol–water partition coefficient (Wildman–Crippen LogP) is 5.03. The molecule has 1 heterocycles. The average Bonchev–Trinajstić information content (AvgIpc) is 2.76. The van der Waals surface area contributed by atoms with Gasteiger partial charge in [-0.15, -0.1) is 0 Å². The van der Waals surface area contributed by atoms with Crippen LogP contribution in [0.5, 0.6) is 0 Å². The molecule has 1 N–H and O–H groups in total. The zero-order valence-electron chi connectivity index (χ0n) is 16.5. The van der Waals surface area contributed by atoms with E-state index in [0.717, 1.165) is 45.1 Å². The van der Waals surface area contributed by atoms with Gasteiger partial charge in [0, 0.05) is 30.7 Å². The summed E-state index contributed by atoms with van der Waals surface area (Å²) in [5, 5.41) is 3.36. The fourth-order valence-electron chi connectivity index (χ4n) is 5.09. The smallest absolute Gasteiger partial charge is 0.223 e. The van der Waals surface area contributed by atoms with Gasteiger partial charge in [0.05, 0.1) is 0 Å². The molecule has 0 saturated heterocycles. The Hall–Kier alpha value is -1.77. The summed E-state index contributed by atoms with van der Waals surface area (Å²) in [7, 11) is 0. The molecule has 2 fully saturated rings. The maximum atomic E-state index is 12.5. The molecule has 1 amide bonds. The molecule has 0 spiro atoms. The number of amides is 1. The first-order valence-corrected chi connectivity index (χ1v) is 11.1. The van der Waals surface area contributed by atoms with Gasteiger partial charge in [-0.2, -0.15) is 0 Å². The van der Waals surface area contributed by atoms with Crippen LogP contribution in [0.2, 0.25) is 0 Å². The van der Waals surface area contributed by atoms with Crippen LogP contribution in [-0.4, -0.2) is 29.4 Å². The quantitative estimate of drug-likeness (QED) is 0.708. The first kappa shape index (κ1) is 18.6. The van der Waals surface area contributed by atoms with E-state index in [0.29, 0.717) is 18.0 Å². The first-order chi connectivity index (χ1) is 13.3. The second-order valence-electron chi connectivity index (χ2n) is 8.66. The van der Waals surface area contributed by atoms with E-state index in [-0.39, 0.29) is 5.92 Å². The first-order valence-electron chi connectivity index (χ1n) is 11.1. The van der Waals surface area contributed by atoms with Crippen molar-refractivity contribution in [1.82, 2.24) is 10.2 Å². The lowest BCUT2D eigenvalue weighted by Gasteiger charge is -2.38. The minimum Gasteiger partial charge on any atom is -0.371 e. The molecule has 0 aromatic heterocycles. The fourth-order valence-corrected chi connectivity index (χ4v) is 5.09. The summed E-state index contributed by atoms with van der Waals surface area (Å²) >= 11 is 0. The maximum Gasteiger partial charge on any atom is 0.223 e. The molecule has 0 aromatic rings. The molecule has 2 saturated carbocycles. The minimum atomic E-state index is 0.286. The highest BCUT2D eigenvalue weighted by Gasteiger charge is 2.28. The van der Waals surface area contributed by atoms with E-state index in [4.69, 9.17) is 0 Å². The van der Waals surface area contributed by atoms with Crippen molar-refractivity contribution in [3.8, 4) is 0 Å². The predicted molar refractivity (Wildman–Crippen MR) is 111 cm³/mol. The minimum absolute atomic E-state index is 0.286. The van der Waals surface area contributed by atoms with Gasteiger partial charge >= 0.3 is 0 Å². The number of carbonyl (C=O) groups excluding carboxylic acids is 1. The lowest BCUT2D eigenvalue weighted by atomic mass is 9.86. The van der Waals surface area contributed by atoms with Crippen molar-refractivity contribution >= 4 is 5.91 Å². The van der Waals surface area contributed by atoms with Gasteiger partial charge in [0.25, 0.3) is 0 Å². The largest absolute Gasteiger partial charge is 0.371 e. The summed E-state index contributed by atoms with van der Waals surface area (Å²) in [6, 6.07) is 1.02. The zero-order valence-corrected chi connectivity index (χ0v) is 16.5. The molecule has 1 aliphatic heterocycles. The average molecular weight is 367 g/mol. The normalized spacial score (nSPS) is 29.3. The Labute approximate surface area is 164 Å². The van der Waals surface area contributed by atoms with Gasteiger partial charge in [-0.3, -0.25) is 4.79 Å². The highest BCUT2D eigenvalue weighted by Crippen LogP contribution is 2.29. The molecule has 146 valence electrons. The molecule has 4 aliphatic rings. The Morgan fingerprint density at radius 1 is 0.963 bits per heavy atom. The number of carbonyl (C=O) groups is 1. The molecule has 4 rings (SSSR count). The van der Waals surface area contributed by atoms with Gasteiger partial charge in [-0.1, -0.05) is 43.6 Å². The second-order valence-corrected chi connectivity index (χ2v) is 8.66. The summed E-state index contributed by atoms with van der Waals surface area (Å²) in [6.07, 6.45) is 26.6. The van der Waals surface area contributed by atoms with E-state index in [1.165, 1.54) is 43.3 Å². The Morgan fingerprint density at radius 3 is 2.44 bits per heavy atom. The maximum absolute atomic E-state index is 12.5. The molecule has 0 aromatic carbocycles.